The first-order valence-corrected chi connectivity index (χ1v) is 5.76. The molecule has 3 nitrogen and oxygen atoms in total. The van der Waals surface area contributed by atoms with Gasteiger partial charge in [-0.3, -0.25) is 0 Å². The van der Waals surface area contributed by atoms with E-state index in [1.807, 2.05) is 12.1 Å². The minimum Gasteiger partial charge on any atom is -0.495 e. The predicted octanol–water partition coefficient (Wildman–Crippen LogP) is 2.66. The molecule has 0 unspecified atom stereocenters. The number of anilines is 2. The Balaban J connectivity index is 2.34. The molecule has 2 rings (SSSR count). The van der Waals surface area contributed by atoms with Gasteiger partial charge < -0.3 is 15.4 Å². The van der Waals surface area contributed by atoms with Gasteiger partial charge in [0.2, 0.25) is 0 Å². The molecule has 0 aliphatic carbocycles. The summed E-state index contributed by atoms with van der Waals surface area (Å²) in [6, 6.07) is 6.02. The smallest absolute Gasteiger partial charge is 0.143 e. The first kappa shape index (κ1) is 11.1. The molecule has 88 valence electrons. The lowest BCUT2D eigenvalue weighted by molar-refractivity contribution is 0.416. The summed E-state index contributed by atoms with van der Waals surface area (Å²) in [5, 5.41) is 0. The SMILES string of the molecule is COc1cc(N2CCCC2(C)C)ccc1N. The fraction of sp³-hybridized carbons (Fsp3) is 0.538. The van der Waals surface area contributed by atoms with Crippen molar-refractivity contribution in [3.05, 3.63) is 18.2 Å². The number of hydrogen-bond donors (Lipinski definition) is 1. The maximum Gasteiger partial charge on any atom is 0.143 e. The van der Waals surface area contributed by atoms with Crippen LogP contribution in [0.25, 0.3) is 0 Å². The highest BCUT2D eigenvalue weighted by Crippen LogP contribution is 2.36. The molecule has 1 saturated heterocycles. The zero-order chi connectivity index (χ0) is 11.8. The molecule has 1 aliphatic rings. The number of ether oxygens (including phenoxy) is 1. The summed E-state index contributed by atoms with van der Waals surface area (Å²) < 4.78 is 5.26. The third-order valence-corrected chi connectivity index (χ3v) is 3.43. The van der Waals surface area contributed by atoms with Gasteiger partial charge in [0.15, 0.2) is 0 Å². The van der Waals surface area contributed by atoms with E-state index in [4.69, 9.17) is 10.5 Å². The average molecular weight is 220 g/mol. The van der Waals surface area contributed by atoms with Crippen LogP contribution in [0, 0.1) is 0 Å². The molecule has 0 amide bonds. The van der Waals surface area contributed by atoms with Gasteiger partial charge in [0.1, 0.15) is 5.75 Å². The van der Waals surface area contributed by atoms with Gasteiger partial charge in [-0.15, -0.1) is 0 Å². The fourth-order valence-electron chi connectivity index (χ4n) is 2.45. The molecular formula is C13H20N2O. The van der Waals surface area contributed by atoms with Gasteiger partial charge in [-0.25, -0.2) is 0 Å². The van der Waals surface area contributed by atoms with E-state index in [9.17, 15) is 0 Å². The number of rotatable bonds is 2. The van der Waals surface area contributed by atoms with Crippen molar-refractivity contribution >= 4 is 11.4 Å². The normalized spacial score (nSPS) is 18.8. The van der Waals surface area contributed by atoms with Crippen LogP contribution in [0.3, 0.4) is 0 Å². The number of hydrogen-bond acceptors (Lipinski definition) is 3. The van der Waals surface area contributed by atoms with Crippen molar-refractivity contribution in [1.29, 1.82) is 0 Å². The first-order valence-electron chi connectivity index (χ1n) is 5.76. The second-order valence-electron chi connectivity index (χ2n) is 4.99. The number of nitrogens with two attached hydrogens (primary N) is 1. The Bertz CT molecular complexity index is 388. The maximum absolute atomic E-state index is 5.82. The number of nitrogen functional groups attached to an aromatic ring is 1. The van der Waals surface area contributed by atoms with Crippen LogP contribution in [0.15, 0.2) is 18.2 Å². The molecule has 1 aromatic carbocycles. The average Bonchev–Trinajstić information content (AvgIpc) is 2.59. The Kier molecular flexibility index (Phi) is 2.70. The van der Waals surface area contributed by atoms with Gasteiger partial charge in [0.05, 0.1) is 12.8 Å². The molecule has 0 aromatic heterocycles. The Hall–Kier alpha value is -1.38. The van der Waals surface area contributed by atoms with Crippen LogP contribution in [0.1, 0.15) is 26.7 Å². The summed E-state index contributed by atoms with van der Waals surface area (Å²) >= 11 is 0. The van der Waals surface area contributed by atoms with Crippen molar-refractivity contribution in [2.24, 2.45) is 0 Å². The monoisotopic (exact) mass is 220 g/mol. The van der Waals surface area contributed by atoms with Crippen molar-refractivity contribution in [3.63, 3.8) is 0 Å². The van der Waals surface area contributed by atoms with Crippen molar-refractivity contribution in [3.8, 4) is 5.75 Å². The van der Waals surface area contributed by atoms with E-state index in [1.165, 1.54) is 18.5 Å². The van der Waals surface area contributed by atoms with Crippen LogP contribution in [-0.2, 0) is 0 Å². The summed E-state index contributed by atoms with van der Waals surface area (Å²) in [6.45, 7) is 5.67. The van der Waals surface area contributed by atoms with Crippen LogP contribution in [0.2, 0.25) is 0 Å². The van der Waals surface area contributed by atoms with Gasteiger partial charge in [-0.05, 0) is 38.8 Å². The lowest BCUT2D eigenvalue weighted by atomic mass is 10.0. The molecule has 0 radical (unpaired) electrons. The summed E-state index contributed by atoms with van der Waals surface area (Å²) in [4.78, 5) is 2.43. The van der Waals surface area contributed by atoms with Crippen molar-refractivity contribution in [1.82, 2.24) is 0 Å². The van der Waals surface area contributed by atoms with Crippen LogP contribution in [0.4, 0.5) is 11.4 Å². The Labute approximate surface area is 97.2 Å². The van der Waals surface area contributed by atoms with Crippen LogP contribution < -0.4 is 15.4 Å². The quantitative estimate of drug-likeness (QED) is 0.779. The minimum atomic E-state index is 0.237. The van der Waals surface area contributed by atoms with E-state index in [0.29, 0.717) is 5.69 Å². The number of nitrogens with zero attached hydrogens (tertiary/aromatic N) is 1. The topological polar surface area (TPSA) is 38.5 Å². The van der Waals surface area contributed by atoms with Crippen LogP contribution in [0.5, 0.6) is 5.75 Å². The Morgan fingerprint density at radius 3 is 2.69 bits per heavy atom. The van der Waals surface area contributed by atoms with E-state index in [-0.39, 0.29) is 5.54 Å². The molecule has 16 heavy (non-hydrogen) atoms. The molecule has 2 N–H and O–H groups in total. The Morgan fingerprint density at radius 2 is 2.12 bits per heavy atom. The van der Waals surface area contributed by atoms with Crippen molar-refractivity contribution in [2.45, 2.75) is 32.2 Å². The van der Waals surface area contributed by atoms with E-state index < -0.39 is 0 Å². The van der Waals surface area contributed by atoms with E-state index in [1.54, 1.807) is 7.11 Å². The van der Waals surface area contributed by atoms with Crippen molar-refractivity contribution < 1.29 is 4.74 Å². The highest BCUT2D eigenvalue weighted by molar-refractivity contribution is 5.63. The summed E-state index contributed by atoms with van der Waals surface area (Å²) in [5.41, 5.74) is 7.96. The maximum atomic E-state index is 5.82. The van der Waals surface area contributed by atoms with Gasteiger partial charge in [0, 0.05) is 23.8 Å². The molecule has 3 heteroatoms. The molecule has 0 spiro atoms. The minimum absolute atomic E-state index is 0.237. The second kappa shape index (κ2) is 3.89. The third-order valence-electron chi connectivity index (χ3n) is 3.43. The van der Waals surface area contributed by atoms with Gasteiger partial charge in [0.25, 0.3) is 0 Å². The second-order valence-corrected chi connectivity index (χ2v) is 4.99. The van der Waals surface area contributed by atoms with E-state index in [0.717, 1.165) is 12.3 Å². The molecule has 1 heterocycles. The van der Waals surface area contributed by atoms with Gasteiger partial charge in [-0.1, -0.05) is 0 Å². The third kappa shape index (κ3) is 1.82. The molecule has 1 fully saturated rings. The molecule has 0 bridgehead atoms. The predicted molar refractivity (Wildman–Crippen MR) is 68.1 cm³/mol. The Morgan fingerprint density at radius 1 is 1.38 bits per heavy atom. The molecular weight excluding hydrogens is 200 g/mol. The summed E-state index contributed by atoms with van der Waals surface area (Å²) in [7, 11) is 1.66. The van der Waals surface area contributed by atoms with Crippen molar-refractivity contribution in [2.75, 3.05) is 24.3 Å². The van der Waals surface area contributed by atoms with E-state index in [2.05, 4.69) is 24.8 Å². The lowest BCUT2D eigenvalue weighted by Crippen LogP contribution is -2.38. The lowest BCUT2D eigenvalue weighted by Gasteiger charge is -2.34. The molecule has 0 atom stereocenters. The standard InChI is InChI=1S/C13H20N2O/c1-13(2)7-4-8-15(13)10-5-6-11(14)12(9-10)16-3/h5-6,9H,4,7-8,14H2,1-3H3. The van der Waals surface area contributed by atoms with Crippen LogP contribution in [-0.4, -0.2) is 19.2 Å². The van der Waals surface area contributed by atoms with Gasteiger partial charge >= 0.3 is 0 Å². The van der Waals surface area contributed by atoms with E-state index >= 15 is 0 Å². The number of methoxy groups -OCH3 is 1. The highest BCUT2D eigenvalue weighted by Gasteiger charge is 2.32. The first-order chi connectivity index (χ1) is 7.54. The zero-order valence-electron chi connectivity index (χ0n) is 10.3. The zero-order valence-corrected chi connectivity index (χ0v) is 10.3. The van der Waals surface area contributed by atoms with Gasteiger partial charge in [-0.2, -0.15) is 0 Å². The molecule has 0 saturated carbocycles. The fourth-order valence-corrected chi connectivity index (χ4v) is 2.45. The largest absolute Gasteiger partial charge is 0.495 e. The molecule has 1 aromatic rings. The molecule has 1 aliphatic heterocycles. The highest BCUT2D eigenvalue weighted by atomic mass is 16.5. The number of benzene rings is 1. The summed E-state index contributed by atoms with van der Waals surface area (Å²) in [5.74, 6) is 0.764. The van der Waals surface area contributed by atoms with Crippen LogP contribution >= 0.6 is 0 Å². The summed E-state index contributed by atoms with van der Waals surface area (Å²) in [6.07, 6.45) is 2.49.